The zero-order valence-electron chi connectivity index (χ0n) is 16.6. The quantitative estimate of drug-likeness (QED) is 0.707. The summed E-state index contributed by atoms with van der Waals surface area (Å²) in [6, 6.07) is 11.9. The summed E-state index contributed by atoms with van der Waals surface area (Å²) < 4.78 is 12.0. The molecule has 0 atom stereocenters. The first-order chi connectivity index (χ1) is 13.5. The molecule has 0 amide bonds. The number of hydrogen-bond acceptors (Lipinski definition) is 4. The molecule has 4 heteroatoms. The standard InChI is InChI=1S/C24H25NO3/c1-16(2)13-25-14-19-21(27-15-25)12-17(3)22-23(26)20(28-24(19)22)11-7-10-18-8-5-4-6-9-18/h4-12,16H,13-15H2,1-3H3/b10-7+,20-11-. The van der Waals surface area contributed by atoms with Crippen molar-refractivity contribution >= 4 is 11.9 Å². The van der Waals surface area contributed by atoms with Crippen LogP contribution < -0.4 is 9.47 Å². The normalized spacial score (nSPS) is 17.7. The van der Waals surface area contributed by atoms with Gasteiger partial charge in [0.1, 0.15) is 18.2 Å². The second kappa shape index (κ2) is 7.64. The fraction of sp³-hybridized carbons (Fsp3) is 0.292. The lowest BCUT2D eigenvalue weighted by atomic mass is 9.98. The van der Waals surface area contributed by atoms with Gasteiger partial charge in [0, 0.05) is 13.1 Å². The van der Waals surface area contributed by atoms with Gasteiger partial charge in [0.25, 0.3) is 0 Å². The highest BCUT2D eigenvalue weighted by Gasteiger charge is 2.35. The van der Waals surface area contributed by atoms with Crippen molar-refractivity contribution in [2.45, 2.75) is 27.3 Å². The third-order valence-corrected chi connectivity index (χ3v) is 4.95. The van der Waals surface area contributed by atoms with Gasteiger partial charge in [-0.2, -0.15) is 0 Å². The molecule has 2 aliphatic rings. The SMILES string of the molecule is Cc1cc2c(c3c1C(=O)/C(=C/C=C/c1ccccc1)O3)CN(CC(C)C)CO2. The first-order valence-corrected chi connectivity index (χ1v) is 9.70. The third-order valence-electron chi connectivity index (χ3n) is 4.95. The predicted octanol–water partition coefficient (Wildman–Crippen LogP) is 4.98. The van der Waals surface area contributed by atoms with E-state index in [-0.39, 0.29) is 5.78 Å². The van der Waals surface area contributed by atoms with Crippen molar-refractivity contribution in [3.63, 3.8) is 0 Å². The maximum atomic E-state index is 12.9. The van der Waals surface area contributed by atoms with Gasteiger partial charge >= 0.3 is 0 Å². The fourth-order valence-corrected chi connectivity index (χ4v) is 3.73. The summed E-state index contributed by atoms with van der Waals surface area (Å²) in [6.07, 6.45) is 5.57. The lowest BCUT2D eigenvalue weighted by Gasteiger charge is -2.31. The molecule has 4 nitrogen and oxygen atoms in total. The lowest BCUT2D eigenvalue weighted by molar-refractivity contribution is 0.0831. The Bertz CT molecular complexity index is 958. The predicted molar refractivity (Wildman–Crippen MR) is 110 cm³/mol. The molecule has 0 fully saturated rings. The Morgan fingerprint density at radius 1 is 1.21 bits per heavy atom. The van der Waals surface area contributed by atoms with Crippen molar-refractivity contribution in [3.8, 4) is 11.5 Å². The van der Waals surface area contributed by atoms with E-state index in [0.29, 0.717) is 29.7 Å². The van der Waals surface area contributed by atoms with E-state index >= 15 is 0 Å². The van der Waals surface area contributed by atoms with E-state index in [4.69, 9.17) is 9.47 Å². The minimum Gasteiger partial charge on any atom is -0.478 e. The molecule has 0 aromatic heterocycles. The summed E-state index contributed by atoms with van der Waals surface area (Å²) in [7, 11) is 0. The van der Waals surface area contributed by atoms with Crippen LogP contribution in [-0.2, 0) is 6.54 Å². The van der Waals surface area contributed by atoms with E-state index in [1.165, 1.54) is 0 Å². The molecule has 28 heavy (non-hydrogen) atoms. The van der Waals surface area contributed by atoms with Crippen LogP contribution in [0.2, 0.25) is 0 Å². The first-order valence-electron chi connectivity index (χ1n) is 9.70. The summed E-state index contributed by atoms with van der Waals surface area (Å²) >= 11 is 0. The van der Waals surface area contributed by atoms with E-state index in [0.717, 1.165) is 35.5 Å². The number of benzene rings is 2. The maximum Gasteiger partial charge on any atom is 0.232 e. The highest BCUT2D eigenvalue weighted by molar-refractivity contribution is 6.14. The molecule has 2 aromatic carbocycles. The highest BCUT2D eigenvalue weighted by atomic mass is 16.5. The third kappa shape index (κ3) is 3.60. The fourth-order valence-electron chi connectivity index (χ4n) is 3.73. The van der Waals surface area contributed by atoms with Crippen LogP contribution >= 0.6 is 0 Å². The van der Waals surface area contributed by atoms with Crippen LogP contribution in [-0.4, -0.2) is 24.0 Å². The molecule has 0 bridgehead atoms. The zero-order chi connectivity index (χ0) is 19.7. The molecule has 2 aromatic rings. The van der Waals surface area contributed by atoms with Crippen LogP contribution in [0.4, 0.5) is 0 Å². The number of rotatable bonds is 4. The van der Waals surface area contributed by atoms with Crippen LogP contribution in [0.15, 0.2) is 54.3 Å². The molecule has 0 aliphatic carbocycles. The minimum atomic E-state index is -0.0611. The molecule has 0 N–H and O–H groups in total. The topological polar surface area (TPSA) is 38.8 Å². The Hall–Kier alpha value is -2.85. The number of ketones is 1. The molecule has 0 unspecified atom stereocenters. The van der Waals surface area contributed by atoms with E-state index in [1.54, 1.807) is 6.08 Å². The van der Waals surface area contributed by atoms with Gasteiger partial charge in [-0.3, -0.25) is 9.69 Å². The largest absolute Gasteiger partial charge is 0.478 e. The number of Topliss-reactive ketones (excluding diaryl/α,β-unsaturated/α-hetero) is 1. The Morgan fingerprint density at radius 3 is 2.75 bits per heavy atom. The molecular formula is C24H25NO3. The van der Waals surface area contributed by atoms with Crippen LogP contribution in [0, 0.1) is 12.8 Å². The zero-order valence-corrected chi connectivity index (χ0v) is 16.6. The number of fused-ring (bicyclic) bond motifs is 3. The van der Waals surface area contributed by atoms with Crippen molar-refractivity contribution < 1.29 is 14.3 Å². The van der Waals surface area contributed by atoms with E-state index in [1.807, 2.05) is 55.5 Å². The molecule has 0 saturated carbocycles. The lowest BCUT2D eigenvalue weighted by Crippen LogP contribution is -2.35. The van der Waals surface area contributed by atoms with Crippen molar-refractivity contribution in [1.29, 1.82) is 0 Å². The average molecular weight is 375 g/mol. The monoisotopic (exact) mass is 375 g/mol. The number of aryl methyl sites for hydroxylation is 1. The smallest absolute Gasteiger partial charge is 0.232 e. The van der Waals surface area contributed by atoms with Crippen molar-refractivity contribution in [2.75, 3.05) is 13.3 Å². The summed E-state index contributed by atoms with van der Waals surface area (Å²) in [5, 5.41) is 0. The van der Waals surface area contributed by atoms with Crippen molar-refractivity contribution in [2.24, 2.45) is 5.92 Å². The number of ether oxygens (including phenoxy) is 2. The van der Waals surface area contributed by atoms with Crippen LogP contribution in [0.3, 0.4) is 0 Å². The molecular weight excluding hydrogens is 350 g/mol. The number of carbonyl (C=O) groups excluding carboxylic acids is 1. The molecule has 2 aliphatic heterocycles. The van der Waals surface area contributed by atoms with Gasteiger partial charge in [-0.05, 0) is 36.1 Å². The van der Waals surface area contributed by atoms with Gasteiger partial charge in [0.2, 0.25) is 5.78 Å². The number of carbonyl (C=O) groups is 1. The Morgan fingerprint density at radius 2 is 2.00 bits per heavy atom. The van der Waals surface area contributed by atoms with Gasteiger partial charge in [-0.25, -0.2) is 0 Å². The van der Waals surface area contributed by atoms with Gasteiger partial charge in [0.15, 0.2) is 5.76 Å². The second-order valence-corrected chi connectivity index (χ2v) is 7.78. The maximum absolute atomic E-state index is 12.9. The van der Waals surface area contributed by atoms with Crippen molar-refractivity contribution in [3.05, 3.63) is 76.6 Å². The highest BCUT2D eigenvalue weighted by Crippen LogP contribution is 2.43. The van der Waals surface area contributed by atoms with Crippen LogP contribution in [0.25, 0.3) is 6.08 Å². The van der Waals surface area contributed by atoms with Gasteiger partial charge < -0.3 is 9.47 Å². The minimum absolute atomic E-state index is 0.0611. The molecule has 2 heterocycles. The number of allylic oxidation sites excluding steroid dienone is 3. The molecule has 0 radical (unpaired) electrons. The summed E-state index contributed by atoms with van der Waals surface area (Å²) in [5.74, 6) is 2.33. The van der Waals surface area contributed by atoms with Crippen LogP contribution in [0.5, 0.6) is 11.5 Å². The second-order valence-electron chi connectivity index (χ2n) is 7.78. The molecule has 0 saturated heterocycles. The first kappa shape index (κ1) is 18.5. The van der Waals surface area contributed by atoms with E-state index in [2.05, 4.69) is 18.7 Å². The van der Waals surface area contributed by atoms with Crippen molar-refractivity contribution in [1.82, 2.24) is 4.90 Å². The summed E-state index contributed by atoms with van der Waals surface area (Å²) in [5.41, 5.74) is 3.60. The van der Waals surface area contributed by atoms with Gasteiger partial charge in [0.05, 0.1) is 11.1 Å². The van der Waals surface area contributed by atoms with Gasteiger partial charge in [-0.15, -0.1) is 0 Å². The number of nitrogens with zero attached hydrogens (tertiary/aromatic N) is 1. The molecule has 4 rings (SSSR count). The number of hydrogen-bond donors (Lipinski definition) is 0. The van der Waals surface area contributed by atoms with Gasteiger partial charge in [-0.1, -0.05) is 56.3 Å². The van der Waals surface area contributed by atoms with Crippen LogP contribution in [0.1, 0.15) is 40.9 Å². The Labute approximate surface area is 166 Å². The molecule has 0 spiro atoms. The average Bonchev–Trinajstić information content (AvgIpc) is 3.00. The summed E-state index contributed by atoms with van der Waals surface area (Å²) in [4.78, 5) is 15.2. The Balaban J connectivity index is 1.62. The Kier molecular flexibility index (Phi) is 5.05. The van der Waals surface area contributed by atoms with E-state index in [9.17, 15) is 4.79 Å². The van der Waals surface area contributed by atoms with E-state index < -0.39 is 0 Å². The summed E-state index contributed by atoms with van der Waals surface area (Å²) in [6.45, 7) is 8.56. The molecule has 144 valence electrons.